The summed E-state index contributed by atoms with van der Waals surface area (Å²) in [6.45, 7) is 3.64. The zero-order valence-corrected chi connectivity index (χ0v) is 14.6. The zero-order chi connectivity index (χ0) is 17.8. The number of nitro benzene ring substituents is 1. The number of ether oxygens (including phenoxy) is 1. The van der Waals surface area contributed by atoms with E-state index in [0.717, 1.165) is 44.3 Å². The molecule has 1 amide bonds. The van der Waals surface area contributed by atoms with Crippen molar-refractivity contribution in [3.05, 3.63) is 28.3 Å². The van der Waals surface area contributed by atoms with Gasteiger partial charge in [-0.2, -0.15) is 0 Å². The van der Waals surface area contributed by atoms with Gasteiger partial charge in [0, 0.05) is 42.9 Å². The van der Waals surface area contributed by atoms with Gasteiger partial charge < -0.3 is 15.0 Å². The largest absolute Gasteiger partial charge is 0.487 e. The number of anilines is 1. The fourth-order valence-corrected chi connectivity index (χ4v) is 3.77. The molecule has 0 spiro atoms. The summed E-state index contributed by atoms with van der Waals surface area (Å²) < 4.78 is 5.38. The van der Waals surface area contributed by atoms with Crippen LogP contribution in [0.15, 0.2) is 18.2 Å². The smallest absolute Gasteiger partial charge is 0.311 e. The van der Waals surface area contributed by atoms with E-state index in [1.54, 1.807) is 19.1 Å². The third-order valence-corrected chi connectivity index (χ3v) is 5.03. The van der Waals surface area contributed by atoms with Crippen molar-refractivity contribution < 1.29 is 14.5 Å². The van der Waals surface area contributed by atoms with Crippen molar-refractivity contribution in [2.24, 2.45) is 5.92 Å². The van der Waals surface area contributed by atoms with E-state index in [2.05, 4.69) is 5.32 Å². The van der Waals surface area contributed by atoms with Gasteiger partial charge in [-0.25, -0.2) is 0 Å². The Bertz CT molecular complexity index is 643. The number of carbonyl (C=O) groups is 1. The number of nitrogens with zero attached hydrogens (tertiary/aromatic N) is 2. The van der Waals surface area contributed by atoms with Gasteiger partial charge in [0.2, 0.25) is 5.91 Å². The van der Waals surface area contributed by atoms with Gasteiger partial charge in [-0.3, -0.25) is 14.9 Å². The monoisotopic (exact) mass is 347 g/mol. The highest BCUT2D eigenvalue weighted by Crippen LogP contribution is 2.32. The van der Waals surface area contributed by atoms with Crippen LogP contribution < -0.4 is 10.1 Å². The Morgan fingerprint density at radius 1 is 1.36 bits per heavy atom. The highest BCUT2D eigenvalue weighted by molar-refractivity contribution is 5.79. The Balaban J connectivity index is 1.62. The first-order chi connectivity index (χ1) is 12.1. The van der Waals surface area contributed by atoms with Crippen LogP contribution >= 0.6 is 0 Å². The van der Waals surface area contributed by atoms with Gasteiger partial charge in [0.15, 0.2) is 5.75 Å². The summed E-state index contributed by atoms with van der Waals surface area (Å²) in [5.41, 5.74) is 0.756. The Hall–Kier alpha value is -2.31. The molecule has 3 rings (SSSR count). The number of hydrogen-bond acceptors (Lipinski definition) is 5. The lowest BCUT2D eigenvalue weighted by Gasteiger charge is -2.21. The van der Waals surface area contributed by atoms with Gasteiger partial charge in [0.1, 0.15) is 0 Å². The molecule has 1 saturated heterocycles. The second-order valence-corrected chi connectivity index (χ2v) is 6.77. The van der Waals surface area contributed by atoms with Crippen molar-refractivity contribution >= 4 is 17.3 Å². The van der Waals surface area contributed by atoms with E-state index in [1.165, 1.54) is 6.07 Å². The Kier molecular flexibility index (Phi) is 5.40. The van der Waals surface area contributed by atoms with Crippen molar-refractivity contribution in [2.75, 3.05) is 25.0 Å². The summed E-state index contributed by atoms with van der Waals surface area (Å²) in [5, 5.41) is 14.4. The summed E-state index contributed by atoms with van der Waals surface area (Å²) in [7, 11) is 0. The molecule has 25 heavy (non-hydrogen) atoms. The second kappa shape index (κ2) is 7.72. The van der Waals surface area contributed by atoms with Crippen LogP contribution in [0.3, 0.4) is 0 Å². The highest BCUT2D eigenvalue weighted by atomic mass is 16.6. The maximum atomic E-state index is 12.5. The fraction of sp³-hybridized carbons (Fsp3) is 0.611. The van der Waals surface area contributed by atoms with Gasteiger partial charge in [-0.15, -0.1) is 0 Å². The molecule has 1 aromatic rings. The molecular weight excluding hydrogens is 322 g/mol. The normalized spacial score (nSPS) is 20.7. The lowest BCUT2D eigenvalue weighted by molar-refractivity contribution is -0.385. The molecule has 1 aliphatic heterocycles. The molecule has 1 atom stereocenters. The van der Waals surface area contributed by atoms with Crippen LogP contribution in [-0.2, 0) is 4.79 Å². The predicted molar refractivity (Wildman–Crippen MR) is 94.8 cm³/mol. The predicted octanol–water partition coefficient (Wildman–Crippen LogP) is 3.20. The molecule has 0 aromatic heterocycles. The van der Waals surface area contributed by atoms with Crippen LogP contribution in [0.4, 0.5) is 11.4 Å². The van der Waals surface area contributed by atoms with Gasteiger partial charge in [0.25, 0.3) is 0 Å². The standard InChI is InChI=1S/C18H25N3O4/c1-2-25-17-11-14(7-8-16(17)21(23)24)19-15-9-10-20(12-15)18(22)13-5-3-4-6-13/h7-8,11,13,15,19H,2-6,9-10,12H2,1H3. The summed E-state index contributed by atoms with van der Waals surface area (Å²) in [6.07, 6.45) is 5.25. The number of rotatable bonds is 6. The third-order valence-electron chi connectivity index (χ3n) is 5.03. The average molecular weight is 347 g/mol. The molecule has 1 saturated carbocycles. The number of benzene rings is 1. The summed E-state index contributed by atoms with van der Waals surface area (Å²) in [4.78, 5) is 25.1. The number of likely N-dealkylation sites (tertiary alicyclic amines) is 1. The quantitative estimate of drug-likeness (QED) is 0.631. The van der Waals surface area contributed by atoms with Crippen LogP contribution in [0.5, 0.6) is 5.75 Å². The van der Waals surface area contributed by atoms with Crippen molar-refractivity contribution in [2.45, 2.75) is 45.1 Å². The summed E-state index contributed by atoms with van der Waals surface area (Å²) >= 11 is 0. The minimum Gasteiger partial charge on any atom is -0.487 e. The number of nitrogens with one attached hydrogen (secondary N) is 1. The van der Waals surface area contributed by atoms with Crippen LogP contribution in [0.25, 0.3) is 0 Å². The van der Waals surface area contributed by atoms with E-state index in [4.69, 9.17) is 4.74 Å². The van der Waals surface area contributed by atoms with Gasteiger partial charge in [-0.1, -0.05) is 12.8 Å². The van der Waals surface area contributed by atoms with Crippen molar-refractivity contribution in [3.8, 4) is 5.75 Å². The van der Waals surface area contributed by atoms with E-state index in [-0.39, 0.29) is 23.4 Å². The molecule has 1 unspecified atom stereocenters. The maximum absolute atomic E-state index is 12.5. The van der Waals surface area contributed by atoms with E-state index in [1.807, 2.05) is 4.90 Å². The van der Waals surface area contributed by atoms with Gasteiger partial charge in [-0.05, 0) is 32.3 Å². The van der Waals surface area contributed by atoms with Crippen LogP contribution in [0.2, 0.25) is 0 Å². The van der Waals surface area contributed by atoms with Crippen molar-refractivity contribution in [1.82, 2.24) is 4.90 Å². The average Bonchev–Trinajstić information content (AvgIpc) is 3.26. The Morgan fingerprint density at radius 3 is 2.80 bits per heavy atom. The topological polar surface area (TPSA) is 84.7 Å². The Morgan fingerprint density at radius 2 is 2.12 bits per heavy atom. The maximum Gasteiger partial charge on any atom is 0.311 e. The van der Waals surface area contributed by atoms with Crippen molar-refractivity contribution in [3.63, 3.8) is 0 Å². The SMILES string of the molecule is CCOc1cc(NC2CCN(C(=O)C3CCCC3)C2)ccc1[N+](=O)[O-]. The molecule has 7 nitrogen and oxygen atoms in total. The van der Waals surface area contributed by atoms with Crippen LogP contribution in [0.1, 0.15) is 39.0 Å². The molecule has 0 bridgehead atoms. The number of amides is 1. The molecule has 136 valence electrons. The number of nitro groups is 1. The molecule has 1 N–H and O–H groups in total. The summed E-state index contributed by atoms with van der Waals surface area (Å²) in [5.74, 6) is 0.776. The molecular formula is C18H25N3O4. The minimum absolute atomic E-state index is 0.0307. The lowest BCUT2D eigenvalue weighted by Crippen LogP contribution is -2.35. The second-order valence-electron chi connectivity index (χ2n) is 6.77. The fourth-order valence-electron chi connectivity index (χ4n) is 3.77. The highest BCUT2D eigenvalue weighted by Gasteiger charge is 2.32. The molecule has 1 aliphatic carbocycles. The van der Waals surface area contributed by atoms with Crippen LogP contribution in [-0.4, -0.2) is 41.5 Å². The van der Waals surface area contributed by atoms with E-state index < -0.39 is 4.92 Å². The first kappa shape index (κ1) is 17.5. The third kappa shape index (κ3) is 4.03. The first-order valence-corrected chi connectivity index (χ1v) is 9.05. The number of hydrogen-bond donors (Lipinski definition) is 1. The summed E-state index contributed by atoms with van der Waals surface area (Å²) in [6, 6.07) is 5.00. The van der Waals surface area contributed by atoms with Crippen LogP contribution in [0, 0.1) is 16.0 Å². The molecule has 1 aromatic carbocycles. The van der Waals surface area contributed by atoms with Gasteiger partial charge >= 0.3 is 5.69 Å². The molecule has 2 aliphatic rings. The van der Waals surface area contributed by atoms with E-state index in [0.29, 0.717) is 19.1 Å². The lowest BCUT2D eigenvalue weighted by atomic mass is 10.1. The Labute approximate surface area is 147 Å². The molecule has 1 heterocycles. The molecule has 7 heteroatoms. The zero-order valence-electron chi connectivity index (χ0n) is 14.6. The van der Waals surface area contributed by atoms with Gasteiger partial charge in [0.05, 0.1) is 11.5 Å². The van der Waals surface area contributed by atoms with E-state index in [9.17, 15) is 14.9 Å². The van der Waals surface area contributed by atoms with E-state index >= 15 is 0 Å². The molecule has 0 radical (unpaired) electrons. The minimum atomic E-state index is -0.438. The van der Waals surface area contributed by atoms with Crippen molar-refractivity contribution in [1.29, 1.82) is 0 Å². The molecule has 2 fully saturated rings. The first-order valence-electron chi connectivity index (χ1n) is 9.05. The number of carbonyl (C=O) groups excluding carboxylic acids is 1.